The van der Waals surface area contributed by atoms with Crippen LogP contribution in [0.25, 0.3) is 0 Å². The molecule has 25 heavy (non-hydrogen) atoms. The average molecular weight is 361 g/mol. The van der Waals surface area contributed by atoms with Gasteiger partial charge in [-0.25, -0.2) is 9.78 Å². The largest absolute Gasteiger partial charge is 0.336 e. The monoisotopic (exact) mass is 361 g/mol. The Morgan fingerprint density at radius 2 is 2.20 bits per heavy atom. The second-order valence-corrected chi connectivity index (χ2v) is 7.46. The molecular weight excluding hydrogens is 338 g/mol. The van der Waals surface area contributed by atoms with Gasteiger partial charge in [0.15, 0.2) is 0 Å². The number of carbonyl (C=O) groups is 1. The fourth-order valence-electron chi connectivity index (χ4n) is 2.99. The molecule has 0 spiro atoms. The molecule has 0 radical (unpaired) electrons. The first-order valence-electron chi connectivity index (χ1n) is 8.16. The third-order valence-corrected chi connectivity index (χ3v) is 5.59. The quantitative estimate of drug-likeness (QED) is 0.895. The molecule has 0 saturated heterocycles. The maximum atomic E-state index is 12.6. The zero-order valence-corrected chi connectivity index (χ0v) is 15.8. The molecule has 0 saturated carbocycles. The average Bonchev–Trinajstić information content (AvgIpc) is 3.22. The molecule has 8 heteroatoms. The van der Waals surface area contributed by atoms with Crippen molar-refractivity contribution in [3.8, 4) is 0 Å². The first-order chi connectivity index (χ1) is 11.9. The highest BCUT2D eigenvalue weighted by molar-refractivity contribution is 7.10. The van der Waals surface area contributed by atoms with Crippen LogP contribution in [0.4, 0.5) is 4.79 Å². The number of likely N-dealkylation sites (N-methyl/N-ethyl adjacent to an activating group) is 1. The third-order valence-electron chi connectivity index (χ3n) is 4.61. The maximum absolute atomic E-state index is 12.6. The number of rotatable bonds is 4. The third kappa shape index (κ3) is 3.45. The van der Waals surface area contributed by atoms with Crippen LogP contribution >= 0.6 is 11.3 Å². The van der Waals surface area contributed by atoms with Gasteiger partial charge in [-0.15, -0.1) is 11.3 Å². The van der Waals surface area contributed by atoms with Gasteiger partial charge in [0, 0.05) is 18.5 Å². The van der Waals surface area contributed by atoms with E-state index in [4.69, 9.17) is 0 Å². The minimum absolute atomic E-state index is 0.0671. The molecular formula is C17H23N5O2S. The van der Waals surface area contributed by atoms with Crippen molar-refractivity contribution in [2.75, 3.05) is 20.6 Å². The summed E-state index contributed by atoms with van der Waals surface area (Å²) in [4.78, 5) is 34.3. The zero-order valence-electron chi connectivity index (χ0n) is 14.9. The molecule has 1 aliphatic rings. The van der Waals surface area contributed by atoms with Crippen molar-refractivity contribution < 1.29 is 4.79 Å². The van der Waals surface area contributed by atoms with Gasteiger partial charge in [-0.2, -0.15) is 0 Å². The van der Waals surface area contributed by atoms with Gasteiger partial charge in [-0.1, -0.05) is 6.07 Å². The number of fused-ring (bicyclic) bond motifs is 1. The molecule has 0 aliphatic carbocycles. The molecule has 0 fully saturated rings. The summed E-state index contributed by atoms with van der Waals surface area (Å²) >= 11 is 1.68. The van der Waals surface area contributed by atoms with Crippen LogP contribution in [0.2, 0.25) is 0 Å². The van der Waals surface area contributed by atoms with E-state index in [1.165, 1.54) is 9.44 Å². The van der Waals surface area contributed by atoms with E-state index in [0.717, 1.165) is 0 Å². The number of thiophene rings is 1. The van der Waals surface area contributed by atoms with Crippen molar-refractivity contribution in [3.63, 3.8) is 0 Å². The number of amides is 2. The molecule has 1 aliphatic heterocycles. The van der Waals surface area contributed by atoms with E-state index in [-0.39, 0.29) is 17.6 Å². The van der Waals surface area contributed by atoms with Crippen LogP contribution in [-0.4, -0.2) is 46.0 Å². The molecule has 7 nitrogen and oxygen atoms in total. The van der Waals surface area contributed by atoms with E-state index < -0.39 is 0 Å². The van der Waals surface area contributed by atoms with Crippen molar-refractivity contribution >= 4 is 17.4 Å². The maximum Gasteiger partial charge on any atom is 0.318 e. The lowest BCUT2D eigenvalue weighted by Crippen LogP contribution is -2.41. The SMILES string of the molecule is Cc1nc2c(c(=O)n1C)CN(C(=O)NC[C@@H](c1cccs1)N(C)C)C2. The molecule has 0 aromatic carbocycles. The van der Waals surface area contributed by atoms with E-state index in [1.807, 2.05) is 25.5 Å². The van der Waals surface area contributed by atoms with Gasteiger partial charge in [-0.3, -0.25) is 9.36 Å². The highest BCUT2D eigenvalue weighted by atomic mass is 32.1. The molecule has 1 atom stereocenters. The second-order valence-electron chi connectivity index (χ2n) is 6.49. The Balaban J connectivity index is 1.67. The smallest absolute Gasteiger partial charge is 0.318 e. The van der Waals surface area contributed by atoms with Crippen LogP contribution in [0.1, 0.15) is 28.0 Å². The lowest BCUT2D eigenvalue weighted by Gasteiger charge is -2.25. The number of carbonyl (C=O) groups excluding carboxylic acids is 1. The minimum Gasteiger partial charge on any atom is -0.336 e. The number of nitrogens with zero attached hydrogens (tertiary/aromatic N) is 4. The molecule has 0 bridgehead atoms. The highest BCUT2D eigenvalue weighted by Gasteiger charge is 2.28. The summed E-state index contributed by atoms with van der Waals surface area (Å²) in [5.41, 5.74) is 1.26. The van der Waals surface area contributed by atoms with E-state index in [0.29, 0.717) is 36.7 Å². The second kappa shape index (κ2) is 6.97. The molecule has 3 rings (SSSR count). The Hall–Kier alpha value is -2.19. The van der Waals surface area contributed by atoms with Crippen LogP contribution in [0.15, 0.2) is 22.3 Å². The van der Waals surface area contributed by atoms with E-state index in [2.05, 4.69) is 21.3 Å². The van der Waals surface area contributed by atoms with Gasteiger partial charge >= 0.3 is 6.03 Å². The summed E-state index contributed by atoms with van der Waals surface area (Å²) in [5.74, 6) is 0.663. The first kappa shape index (κ1) is 17.6. The van der Waals surface area contributed by atoms with Gasteiger partial charge in [0.1, 0.15) is 5.82 Å². The molecule has 2 aromatic heterocycles. The topological polar surface area (TPSA) is 70.5 Å². The Morgan fingerprint density at radius 1 is 1.44 bits per heavy atom. The van der Waals surface area contributed by atoms with E-state index >= 15 is 0 Å². The number of hydrogen-bond donors (Lipinski definition) is 1. The highest BCUT2D eigenvalue weighted by Crippen LogP contribution is 2.23. The summed E-state index contributed by atoms with van der Waals surface area (Å²) in [6.07, 6.45) is 0. The van der Waals surface area contributed by atoms with Crippen molar-refractivity contribution in [1.29, 1.82) is 0 Å². The van der Waals surface area contributed by atoms with E-state index in [9.17, 15) is 9.59 Å². The van der Waals surface area contributed by atoms with Gasteiger partial charge < -0.3 is 15.1 Å². The van der Waals surface area contributed by atoms with Crippen LogP contribution in [0.3, 0.4) is 0 Å². The van der Waals surface area contributed by atoms with Crippen LogP contribution < -0.4 is 10.9 Å². The lowest BCUT2D eigenvalue weighted by molar-refractivity contribution is 0.192. The standard InChI is InChI=1S/C17H23N5O2S/c1-11-19-13-10-22(9-12(13)16(23)21(11)4)17(24)18-8-14(20(2)3)15-6-5-7-25-15/h5-7,14H,8-10H2,1-4H3,(H,18,24)/t14-/m0/s1. The number of aryl methyl sites for hydroxylation is 1. The van der Waals surface area contributed by atoms with Crippen LogP contribution in [0.5, 0.6) is 0 Å². The Bertz CT molecular complexity index is 828. The molecule has 1 N–H and O–H groups in total. The Labute approximate surface area is 150 Å². The van der Waals surface area contributed by atoms with Gasteiger partial charge in [-0.05, 0) is 32.5 Å². The van der Waals surface area contributed by atoms with Gasteiger partial charge in [0.25, 0.3) is 5.56 Å². The van der Waals surface area contributed by atoms with Crippen molar-refractivity contribution in [2.45, 2.75) is 26.1 Å². The number of aromatic nitrogens is 2. The van der Waals surface area contributed by atoms with Crippen molar-refractivity contribution in [3.05, 3.63) is 49.8 Å². The van der Waals surface area contributed by atoms with Gasteiger partial charge in [0.2, 0.25) is 0 Å². The summed E-state index contributed by atoms with van der Waals surface area (Å²) in [7, 11) is 5.70. The molecule has 3 heterocycles. The fourth-order valence-corrected chi connectivity index (χ4v) is 3.91. The Kier molecular flexibility index (Phi) is 4.91. The predicted molar refractivity (Wildman–Crippen MR) is 97.6 cm³/mol. The van der Waals surface area contributed by atoms with Gasteiger partial charge in [0.05, 0.1) is 30.4 Å². The molecule has 134 valence electrons. The molecule has 0 unspecified atom stereocenters. The normalized spacial score (nSPS) is 14.7. The lowest BCUT2D eigenvalue weighted by atomic mass is 10.2. The molecule has 2 amide bonds. The van der Waals surface area contributed by atoms with Crippen molar-refractivity contribution in [2.24, 2.45) is 7.05 Å². The predicted octanol–water partition coefficient (Wildman–Crippen LogP) is 1.48. The number of nitrogens with one attached hydrogen (secondary N) is 1. The zero-order chi connectivity index (χ0) is 18.1. The van der Waals surface area contributed by atoms with Crippen LogP contribution in [0, 0.1) is 6.92 Å². The summed E-state index contributed by atoms with van der Waals surface area (Å²) in [6.45, 7) is 3.01. The van der Waals surface area contributed by atoms with Crippen LogP contribution in [-0.2, 0) is 20.1 Å². The minimum atomic E-state index is -0.166. The number of hydrogen-bond acceptors (Lipinski definition) is 5. The molecule has 2 aromatic rings. The van der Waals surface area contributed by atoms with E-state index in [1.54, 1.807) is 30.2 Å². The summed E-state index contributed by atoms with van der Waals surface area (Å²) < 4.78 is 1.53. The van der Waals surface area contributed by atoms with Crippen molar-refractivity contribution in [1.82, 2.24) is 24.7 Å². The summed E-state index contributed by atoms with van der Waals surface area (Å²) in [6, 6.07) is 4.05. The summed E-state index contributed by atoms with van der Waals surface area (Å²) in [5, 5.41) is 5.03. The number of urea groups is 1. The Morgan fingerprint density at radius 3 is 2.84 bits per heavy atom. The fraction of sp³-hybridized carbons (Fsp3) is 0.471. The first-order valence-corrected chi connectivity index (χ1v) is 9.04.